The summed E-state index contributed by atoms with van der Waals surface area (Å²) in [5.74, 6) is 0.883. The van der Waals surface area contributed by atoms with Crippen LogP contribution >= 0.6 is 12.2 Å². The van der Waals surface area contributed by atoms with Crippen molar-refractivity contribution in [1.29, 1.82) is 0 Å². The summed E-state index contributed by atoms with van der Waals surface area (Å²) in [5, 5.41) is 7.06. The van der Waals surface area contributed by atoms with Gasteiger partial charge in [-0.05, 0) is 26.1 Å². The highest BCUT2D eigenvalue weighted by atomic mass is 32.1. The smallest absolute Gasteiger partial charge is 0.226 e. The Morgan fingerprint density at radius 1 is 1.53 bits per heavy atom. The highest BCUT2D eigenvalue weighted by Crippen LogP contribution is 2.24. The van der Waals surface area contributed by atoms with Crippen LogP contribution in [0.2, 0.25) is 0 Å². The first-order chi connectivity index (χ1) is 7.02. The van der Waals surface area contributed by atoms with Gasteiger partial charge < -0.3 is 9.64 Å². The average Bonchev–Trinajstić information content (AvgIpc) is 2.48. The Morgan fingerprint density at radius 3 is 2.80 bits per heavy atom. The van der Waals surface area contributed by atoms with E-state index in [2.05, 4.69) is 28.9 Å². The normalized spacial score (nSPS) is 20.6. The van der Waals surface area contributed by atoms with Crippen LogP contribution in [0.5, 0.6) is 0 Å². The van der Waals surface area contributed by atoms with Crippen LogP contribution in [-0.4, -0.2) is 40.1 Å². The van der Waals surface area contributed by atoms with Gasteiger partial charge in [0, 0.05) is 13.6 Å². The van der Waals surface area contributed by atoms with Crippen LogP contribution in [0, 0.1) is 4.77 Å². The molecule has 1 aromatic rings. The number of hydrogen-bond donors (Lipinski definition) is 1. The fourth-order valence-corrected chi connectivity index (χ4v) is 1.94. The predicted molar refractivity (Wildman–Crippen MR) is 60.6 cm³/mol. The molecule has 1 aromatic heterocycles. The van der Waals surface area contributed by atoms with E-state index in [0.29, 0.717) is 11.4 Å². The zero-order chi connectivity index (χ0) is 11.1. The van der Waals surface area contributed by atoms with Gasteiger partial charge in [0.1, 0.15) is 0 Å². The lowest BCUT2D eigenvalue weighted by atomic mass is 10.0. The molecule has 0 spiro atoms. The van der Waals surface area contributed by atoms with Crippen LogP contribution in [0.15, 0.2) is 0 Å². The molecule has 1 aliphatic heterocycles. The SMILES string of the molecule is Cn1c(N2CCOCC2(C)C)n[nH]c1=S. The Bertz CT molecular complexity index is 408. The molecule has 0 unspecified atom stereocenters. The minimum absolute atomic E-state index is 0.0347. The summed E-state index contributed by atoms with van der Waals surface area (Å²) >= 11 is 5.11. The van der Waals surface area contributed by atoms with E-state index in [9.17, 15) is 0 Å². The second-order valence-electron chi connectivity index (χ2n) is 4.40. The van der Waals surface area contributed by atoms with Gasteiger partial charge in [-0.2, -0.15) is 0 Å². The molecule has 1 N–H and O–H groups in total. The van der Waals surface area contributed by atoms with Crippen LogP contribution in [0.1, 0.15) is 13.8 Å². The number of hydrogen-bond acceptors (Lipinski definition) is 4. The molecule has 84 valence electrons. The Hall–Kier alpha value is -0.880. The van der Waals surface area contributed by atoms with E-state index in [-0.39, 0.29) is 5.54 Å². The van der Waals surface area contributed by atoms with Crippen molar-refractivity contribution in [3.05, 3.63) is 4.77 Å². The summed E-state index contributed by atoms with van der Waals surface area (Å²) < 4.78 is 8.01. The van der Waals surface area contributed by atoms with E-state index in [1.807, 2.05) is 11.6 Å². The molecule has 0 aromatic carbocycles. The van der Waals surface area contributed by atoms with Gasteiger partial charge in [0.2, 0.25) is 5.95 Å². The predicted octanol–water partition coefficient (Wildman–Crippen LogP) is 1.09. The van der Waals surface area contributed by atoms with Crippen LogP contribution in [-0.2, 0) is 11.8 Å². The molecule has 0 amide bonds. The van der Waals surface area contributed by atoms with Crippen molar-refractivity contribution < 1.29 is 4.74 Å². The van der Waals surface area contributed by atoms with Gasteiger partial charge >= 0.3 is 0 Å². The third-order valence-electron chi connectivity index (χ3n) is 2.74. The molecule has 15 heavy (non-hydrogen) atoms. The maximum Gasteiger partial charge on any atom is 0.226 e. The summed E-state index contributed by atoms with van der Waals surface area (Å²) in [4.78, 5) is 2.22. The van der Waals surface area contributed by atoms with E-state index in [1.54, 1.807) is 0 Å². The van der Waals surface area contributed by atoms with Crippen LogP contribution in [0.3, 0.4) is 0 Å². The quantitative estimate of drug-likeness (QED) is 0.731. The Balaban J connectivity index is 2.37. The maximum absolute atomic E-state index is 5.47. The van der Waals surface area contributed by atoms with Crippen molar-refractivity contribution in [1.82, 2.24) is 14.8 Å². The molecule has 5 nitrogen and oxygen atoms in total. The summed E-state index contributed by atoms with van der Waals surface area (Å²) in [5.41, 5.74) is -0.0347. The number of aromatic nitrogens is 3. The number of rotatable bonds is 1. The Morgan fingerprint density at radius 2 is 2.27 bits per heavy atom. The minimum atomic E-state index is -0.0347. The molecule has 1 aliphatic rings. The highest BCUT2D eigenvalue weighted by molar-refractivity contribution is 7.71. The Labute approximate surface area is 94.0 Å². The summed E-state index contributed by atoms with van der Waals surface area (Å²) in [6, 6.07) is 0. The fraction of sp³-hybridized carbons (Fsp3) is 0.778. The number of nitrogens with one attached hydrogen (secondary N) is 1. The summed E-state index contributed by atoms with van der Waals surface area (Å²) in [6.45, 7) is 6.59. The third kappa shape index (κ3) is 1.79. The lowest BCUT2D eigenvalue weighted by Crippen LogP contribution is -2.54. The number of ether oxygens (including phenoxy) is 1. The Kier molecular flexibility index (Phi) is 2.56. The fourth-order valence-electron chi connectivity index (χ4n) is 1.81. The second-order valence-corrected chi connectivity index (χ2v) is 4.79. The second kappa shape index (κ2) is 3.61. The largest absolute Gasteiger partial charge is 0.377 e. The minimum Gasteiger partial charge on any atom is -0.377 e. The first kappa shape index (κ1) is 10.6. The molecule has 0 radical (unpaired) electrons. The molecule has 0 bridgehead atoms. The van der Waals surface area contributed by atoms with Crippen LogP contribution in [0.25, 0.3) is 0 Å². The van der Waals surface area contributed by atoms with Gasteiger partial charge in [0.25, 0.3) is 0 Å². The zero-order valence-corrected chi connectivity index (χ0v) is 10.1. The molecule has 0 saturated carbocycles. The van der Waals surface area contributed by atoms with E-state index in [0.717, 1.165) is 19.1 Å². The van der Waals surface area contributed by atoms with E-state index in [4.69, 9.17) is 17.0 Å². The molecule has 1 saturated heterocycles. The first-order valence-electron chi connectivity index (χ1n) is 4.99. The van der Waals surface area contributed by atoms with Crippen molar-refractivity contribution in [2.45, 2.75) is 19.4 Å². The van der Waals surface area contributed by atoms with Gasteiger partial charge in [-0.3, -0.25) is 4.57 Å². The number of anilines is 1. The monoisotopic (exact) mass is 228 g/mol. The van der Waals surface area contributed by atoms with Crippen LogP contribution in [0.4, 0.5) is 5.95 Å². The number of H-pyrrole nitrogens is 1. The van der Waals surface area contributed by atoms with E-state index in [1.165, 1.54) is 0 Å². The number of nitrogens with zero attached hydrogens (tertiary/aromatic N) is 3. The summed E-state index contributed by atoms with van der Waals surface area (Å²) in [6.07, 6.45) is 0. The van der Waals surface area contributed by atoms with Gasteiger partial charge in [-0.25, -0.2) is 5.10 Å². The van der Waals surface area contributed by atoms with Crippen molar-refractivity contribution in [2.24, 2.45) is 7.05 Å². The van der Waals surface area contributed by atoms with E-state index < -0.39 is 0 Å². The molecule has 2 rings (SSSR count). The molecule has 0 atom stereocenters. The lowest BCUT2D eigenvalue weighted by molar-refractivity contribution is 0.0630. The topological polar surface area (TPSA) is 46.1 Å². The van der Waals surface area contributed by atoms with Crippen molar-refractivity contribution in [3.63, 3.8) is 0 Å². The standard InChI is InChI=1S/C9H16N4OS/c1-9(2)6-14-5-4-13(9)7-10-11-8(15)12(7)3/h4-6H2,1-3H3,(H,11,15). The lowest BCUT2D eigenvalue weighted by Gasteiger charge is -2.42. The zero-order valence-electron chi connectivity index (χ0n) is 9.28. The number of morpholine rings is 1. The molecule has 6 heteroatoms. The first-order valence-corrected chi connectivity index (χ1v) is 5.40. The average molecular weight is 228 g/mol. The van der Waals surface area contributed by atoms with Gasteiger partial charge in [0.05, 0.1) is 18.8 Å². The third-order valence-corrected chi connectivity index (χ3v) is 3.11. The van der Waals surface area contributed by atoms with Gasteiger partial charge in [-0.1, -0.05) is 0 Å². The molecule has 2 heterocycles. The molecular formula is C9H16N4OS. The maximum atomic E-state index is 5.47. The molecular weight excluding hydrogens is 212 g/mol. The molecule has 1 fully saturated rings. The van der Waals surface area contributed by atoms with E-state index >= 15 is 0 Å². The van der Waals surface area contributed by atoms with Crippen LogP contribution < -0.4 is 4.90 Å². The van der Waals surface area contributed by atoms with Gasteiger partial charge in [0.15, 0.2) is 4.77 Å². The summed E-state index contributed by atoms with van der Waals surface area (Å²) in [7, 11) is 1.92. The molecule has 0 aliphatic carbocycles. The van der Waals surface area contributed by atoms with Crippen molar-refractivity contribution >= 4 is 18.2 Å². The highest BCUT2D eigenvalue weighted by Gasteiger charge is 2.33. The number of aromatic amines is 1. The van der Waals surface area contributed by atoms with Gasteiger partial charge in [-0.15, -0.1) is 5.10 Å². The van der Waals surface area contributed by atoms with Crippen molar-refractivity contribution in [2.75, 3.05) is 24.7 Å². The van der Waals surface area contributed by atoms with Crippen molar-refractivity contribution in [3.8, 4) is 0 Å².